The van der Waals surface area contributed by atoms with E-state index in [4.69, 9.17) is 5.73 Å². The molecule has 100 valence electrons. The molecule has 5 heteroatoms. The lowest BCUT2D eigenvalue weighted by atomic mass is 9.90. The fourth-order valence-electron chi connectivity index (χ4n) is 2.28. The van der Waals surface area contributed by atoms with Crippen LogP contribution >= 0.6 is 0 Å². The van der Waals surface area contributed by atoms with Crippen LogP contribution in [0.4, 0.5) is 0 Å². The van der Waals surface area contributed by atoms with Gasteiger partial charge >= 0.3 is 0 Å². The van der Waals surface area contributed by atoms with E-state index in [2.05, 4.69) is 0 Å². The van der Waals surface area contributed by atoms with Crippen molar-refractivity contribution in [2.24, 2.45) is 11.1 Å². The number of hydrogen-bond acceptors (Lipinski definition) is 3. The van der Waals surface area contributed by atoms with E-state index in [0.29, 0.717) is 24.5 Å². The minimum atomic E-state index is -3.36. The number of sulfonamides is 1. The van der Waals surface area contributed by atoms with E-state index < -0.39 is 10.0 Å². The molecule has 0 aromatic heterocycles. The molecular formula is C13H20N2O2S. The van der Waals surface area contributed by atoms with E-state index in [1.54, 1.807) is 22.5 Å². The largest absolute Gasteiger partial charge is 0.330 e. The molecular weight excluding hydrogens is 248 g/mol. The van der Waals surface area contributed by atoms with Gasteiger partial charge in [-0.15, -0.1) is 0 Å². The smallest absolute Gasteiger partial charge is 0.243 e. The van der Waals surface area contributed by atoms with E-state index in [-0.39, 0.29) is 5.41 Å². The van der Waals surface area contributed by atoms with Crippen LogP contribution in [0, 0.1) is 12.3 Å². The van der Waals surface area contributed by atoms with E-state index in [1.165, 1.54) is 0 Å². The van der Waals surface area contributed by atoms with Crippen LogP contribution in [0.25, 0.3) is 0 Å². The zero-order valence-corrected chi connectivity index (χ0v) is 11.7. The van der Waals surface area contributed by atoms with Crippen LogP contribution in [0.2, 0.25) is 0 Å². The van der Waals surface area contributed by atoms with Gasteiger partial charge in [0.1, 0.15) is 0 Å². The monoisotopic (exact) mass is 268 g/mol. The lowest BCUT2D eigenvalue weighted by Crippen LogP contribution is -2.34. The number of hydrogen-bond donors (Lipinski definition) is 1. The molecule has 0 aliphatic carbocycles. The normalized spacial score (nSPS) is 25.5. The minimum absolute atomic E-state index is 0.0864. The zero-order chi connectivity index (χ0) is 13.4. The van der Waals surface area contributed by atoms with Gasteiger partial charge in [-0.1, -0.05) is 19.1 Å². The number of benzene rings is 1. The van der Waals surface area contributed by atoms with Gasteiger partial charge in [0, 0.05) is 13.1 Å². The average molecular weight is 268 g/mol. The lowest BCUT2D eigenvalue weighted by molar-refractivity contribution is 0.349. The fraction of sp³-hybridized carbons (Fsp3) is 0.538. The fourth-order valence-corrected chi connectivity index (χ4v) is 3.97. The predicted octanol–water partition coefficient (Wildman–Crippen LogP) is 1.35. The molecule has 1 aliphatic heterocycles. The van der Waals surface area contributed by atoms with Crippen molar-refractivity contribution in [3.05, 3.63) is 29.8 Å². The number of nitrogens with zero attached hydrogens (tertiary/aromatic N) is 1. The molecule has 4 nitrogen and oxygen atoms in total. The highest BCUT2D eigenvalue weighted by Gasteiger charge is 2.38. The van der Waals surface area contributed by atoms with Crippen molar-refractivity contribution < 1.29 is 8.42 Å². The highest BCUT2D eigenvalue weighted by atomic mass is 32.2. The van der Waals surface area contributed by atoms with Crippen LogP contribution in [0.15, 0.2) is 29.2 Å². The molecule has 0 bridgehead atoms. The van der Waals surface area contributed by atoms with Gasteiger partial charge < -0.3 is 5.73 Å². The Bertz CT molecular complexity index is 542. The first-order valence-corrected chi connectivity index (χ1v) is 7.58. The van der Waals surface area contributed by atoms with Crippen LogP contribution in [0.5, 0.6) is 0 Å². The molecule has 1 aromatic rings. The molecule has 0 amide bonds. The minimum Gasteiger partial charge on any atom is -0.330 e. The van der Waals surface area contributed by atoms with Gasteiger partial charge in [0.05, 0.1) is 4.90 Å². The summed E-state index contributed by atoms with van der Waals surface area (Å²) in [5.74, 6) is 0. The van der Waals surface area contributed by atoms with Crippen LogP contribution < -0.4 is 5.73 Å². The van der Waals surface area contributed by atoms with Gasteiger partial charge in [-0.05, 0) is 43.0 Å². The predicted molar refractivity (Wildman–Crippen MR) is 71.7 cm³/mol. The topological polar surface area (TPSA) is 63.4 Å². The Morgan fingerprint density at radius 1 is 1.44 bits per heavy atom. The van der Waals surface area contributed by atoms with Crippen molar-refractivity contribution in [3.63, 3.8) is 0 Å². The van der Waals surface area contributed by atoms with Crippen molar-refractivity contribution in [2.75, 3.05) is 19.6 Å². The van der Waals surface area contributed by atoms with Crippen molar-refractivity contribution in [3.8, 4) is 0 Å². The maximum absolute atomic E-state index is 12.5. The number of aryl methyl sites for hydroxylation is 1. The summed E-state index contributed by atoms with van der Waals surface area (Å²) in [7, 11) is -3.36. The van der Waals surface area contributed by atoms with Gasteiger partial charge in [0.2, 0.25) is 10.0 Å². The van der Waals surface area contributed by atoms with E-state index >= 15 is 0 Å². The van der Waals surface area contributed by atoms with Crippen LogP contribution in [-0.2, 0) is 10.0 Å². The van der Waals surface area contributed by atoms with Gasteiger partial charge in [-0.25, -0.2) is 8.42 Å². The van der Waals surface area contributed by atoms with Crippen LogP contribution in [0.1, 0.15) is 18.9 Å². The van der Waals surface area contributed by atoms with Gasteiger partial charge in [-0.3, -0.25) is 0 Å². The quantitative estimate of drug-likeness (QED) is 0.900. The molecule has 0 spiro atoms. The molecule has 0 radical (unpaired) electrons. The summed E-state index contributed by atoms with van der Waals surface area (Å²) in [4.78, 5) is 0.378. The van der Waals surface area contributed by atoms with E-state index in [0.717, 1.165) is 12.0 Å². The first kappa shape index (κ1) is 13.5. The molecule has 1 atom stereocenters. The Hall–Kier alpha value is -0.910. The third-order valence-electron chi connectivity index (χ3n) is 3.64. The van der Waals surface area contributed by atoms with Crippen molar-refractivity contribution in [1.29, 1.82) is 0 Å². The molecule has 1 saturated heterocycles. The molecule has 0 saturated carbocycles. The van der Waals surface area contributed by atoms with E-state index in [1.807, 2.05) is 19.9 Å². The standard InChI is InChI=1S/C13H20N2O2S/c1-11-4-3-5-12(8-11)18(16,17)15-7-6-13(2,9-14)10-15/h3-5,8H,6-7,9-10,14H2,1-2H3. The molecule has 1 aromatic carbocycles. The molecule has 1 heterocycles. The molecule has 2 rings (SSSR count). The Labute approximate surface area is 109 Å². The highest BCUT2D eigenvalue weighted by Crippen LogP contribution is 2.32. The number of nitrogens with two attached hydrogens (primary N) is 1. The molecule has 1 fully saturated rings. The second-order valence-corrected chi connectivity index (χ2v) is 7.36. The Morgan fingerprint density at radius 3 is 2.72 bits per heavy atom. The summed E-state index contributed by atoms with van der Waals surface area (Å²) >= 11 is 0. The third-order valence-corrected chi connectivity index (χ3v) is 5.48. The summed E-state index contributed by atoms with van der Waals surface area (Å²) in [6.07, 6.45) is 0.828. The summed E-state index contributed by atoms with van der Waals surface area (Å²) in [5, 5.41) is 0. The zero-order valence-electron chi connectivity index (χ0n) is 10.9. The van der Waals surface area contributed by atoms with Gasteiger partial charge in [-0.2, -0.15) is 4.31 Å². The Balaban J connectivity index is 2.28. The van der Waals surface area contributed by atoms with Crippen molar-refractivity contribution >= 4 is 10.0 Å². The first-order chi connectivity index (χ1) is 8.37. The average Bonchev–Trinajstić information content (AvgIpc) is 2.73. The summed E-state index contributed by atoms with van der Waals surface area (Å²) in [6, 6.07) is 7.04. The van der Waals surface area contributed by atoms with Crippen LogP contribution in [0.3, 0.4) is 0 Å². The van der Waals surface area contributed by atoms with E-state index in [9.17, 15) is 8.42 Å². The Morgan fingerprint density at radius 2 is 2.17 bits per heavy atom. The van der Waals surface area contributed by atoms with Crippen molar-refractivity contribution in [1.82, 2.24) is 4.31 Å². The molecule has 2 N–H and O–H groups in total. The highest BCUT2D eigenvalue weighted by molar-refractivity contribution is 7.89. The van der Waals surface area contributed by atoms with Crippen LogP contribution in [-0.4, -0.2) is 32.4 Å². The molecule has 1 unspecified atom stereocenters. The van der Waals surface area contributed by atoms with Crippen molar-refractivity contribution in [2.45, 2.75) is 25.2 Å². The Kier molecular flexibility index (Phi) is 3.49. The summed E-state index contributed by atoms with van der Waals surface area (Å²) < 4.78 is 26.5. The second kappa shape index (κ2) is 4.64. The summed E-state index contributed by atoms with van der Waals surface area (Å²) in [6.45, 7) is 5.53. The number of rotatable bonds is 3. The summed E-state index contributed by atoms with van der Waals surface area (Å²) in [5.41, 5.74) is 6.58. The molecule has 1 aliphatic rings. The van der Waals surface area contributed by atoms with Gasteiger partial charge in [0.15, 0.2) is 0 Å². The molecule has 18 heavy (non-hydrogen) atoms. The SMILES string of the molecule is Cc1cccc(S(=O)(=O)N2CCC(C)(CN)C2)c1. The third kappa shape index (κ3) is 2.43. The van der Waals surface area contributed by atoms with Gasteiger partial charge in [0.25, 0.3) is 0 Å². The first-order valence-electron chi connectivity index (χ1n) is 6.14. The maximum atomic E-state index is 12.5. The lowest BCUT2D eigenvalue weighted by Gasteiger charge is -2.22. The maximum Gasteiger partial charge on any atom is 0.243 e. The second-order valence-electron chi connectivity index (χ2n) is 5.42.